The lowest BCUT2D eigenvalue weighted by Gasteiger charge is -2.00. The Bertz CT molecular complexity index is 349. The van der Waals surface area contributed by atoms with E-state index < -0.39 is 0 Å². The van der Waals surface area contributed by atoms with Crippen molar-refractivity contribution in [1.82, 2.24) is 0 Å². The van der Waals surface area contributed by atoms with E-state index in [1.807, 2.05) is 0 Å². The van der Waals surface area contributed by atoms with Crippen LogP contribution in [0.15, 0.2) is 41.8 Å². The normalized spacial score (nSPS) is 9.93. The molecule has 15 heavy (non-hydrogen) atoms. The van der Waals surface area contributed by atoms with Crippen LogP contribution in [-0.2, 0) is 4.79 Å². The molecule has 0 amide bonds. The standard InChI is InChI=1S/C12H13FOS/c1-2-3-6-11(14)9-15-12-7-4-5-10(13)8-12/h2,4-5,7-8H,1,3,6,9H2. The van der Waals surface area contributed by atoms with Crippen LogP contribution in [0, 0.1) is 5.82 Å². The number of Topliss-reactive ketones (excluding diaryl/α,β-unsaturated/α-hetero) is 1. The summed E-state index contributed by atoms with van der Waals surface area (Å²) in [6.45, 7) is 3.55. The average Bonchev–Trinajstić information content (AvgIpc) is 2.23. The number of hydrogen-bond acceptors (Lipinski definition) is 2. The number of allylic oxidation sites excluding steroid dienone is 1. The molecule has 0 aromatic heterocycles. The number of carbonyl (C=O) groups is 1. The predicted molar refractivity (Wildman–Crippen MR) is 61.6 cm³/mol. The van der Waals surface area contributed by atoms with E-state index in [-0.39, 0.29) is 11.6 Å². The molecule has 0 N–H and O–H groups in total. The van der Waals surface area contributed by atoms with Gasteiger partial charge in [0.05, 0.1) is 5.75 Å². The van der Waals surface area contributed by atoms with Gasteiger partial charge in [-0.25, -0.2) is 4.39 Å². The first-order valence-electron chi connectivity index (χ1n) is 4.73. The van der Waals surface area contributed by atoms with Crippen LogP contribution in [0.4, 0.5) is 4.39 Å². The van der Waals surface area contributed by atoms with Crippen molar-refractivity contribution in [2.24, 2.45) is 0 Å². The number of hydrogen-bond donors (Lipinski definition) is 0. The molecule has 0 heterocycles. The van der Waals surface area contributed by atoms with Crippen LogP contribution >= 0.6 is 11.8 Å². The first-order valence-corrected chi connectivity index (χ1v) is 5.72. The molecule has 0 aliphatic carbocycles. The molecule has 1 nitrogen and oxygen atoms in total. The Morgan fingerprint density at radius 1 is 1.53 bits per heavy atom. The van der Waals surface area contributed by atoms with E-state index >= 15 is 0 Å². The highest BCUT2D eigenvalue weighted by atomic mass is 32.2. The van der Waals surface area contributed by atoms with E-state index in [0.29, 0.717) is 18.6 Å². The van der Waals surface area contributed by atoms with Crippen molar-refractivity contribution in [1.29, 1.82) is 0 Å². The third-order valence-corrected chi connectivity index (χ3v) is 2.88. The maximum atomic E-state index is 12.8. The Hall–Kier alpha value is -1.09. The lowest BCUT2D eigenvalue weighted by molar-refractivity contribution is -0.116. The number of carbonyl (C=O) groups excluding carboxylic acids is 1. The van der Waals surface area contributed by atoms with Gasteiger partial charge in [0, 0.05) is 11.3 Å². The van der Waals surface area contributed by atoms with Gasteiger partial charge in [-0.1, -0.05) is 12.1 Å². The Balaban J connectivity index is 2.36. The van der Waals surface area contributed by atoms with Crippen molar-refractivity contribution < 1.29 is 9.18 Å². The SMILES string of the molecule is C=CCCC(=O)CSc1cccc(F)c1. The summed E-state index contributed by atoms with van der Waals surface area (Å²) >= 11 is 1.37. The Kier molecular flexibility index (Phi) is 5.12. The van der Waals surface area contributed by atoms with E-state index in [1.54, 1.807) is 18.2 Å². The molecule has 0 bridgehead atoms. The van der Waals surface area contributed by atoms with Crippen molar-refractivity contribution in [3.05, 3.63) is 42.7 Å². The van der Waals surface area contributed by atoms with Gasteiger partial charge in [0.25, 0.3) is 0 Å². The van der Waals surface area contributed by atoms with Gasteiger partial charge < -0.3 is 0 Å². The second-order valence-corrected chi connectivity index (χ2v) is 4.16. The molecule has 0 atom stereocenters. The molecule has 0 saturated heterocycles. The fourth-order valence-electron chi connectivity index (χ4n) is 1.06. The summed E-state index contributed by atoms with van der Waals surface area (Å²) < 4.78 is 12.8. The largest absolute Gasteiger partial charge is 0.299 e. The van der Waals surface area contributed by atoms with Gasteiger partial charge >= 0.3 is 0 Å². The van der Waals surface area contributed by atoms with Gasteiger partial charge in [0.15, 0.2) is 0 Å². The monoisotopic (exact) mass is 224 g/mol. The minimum Gasteiger partial charge on any atom is -0.299 e. The number of rotatable bonds is 6. The molecule has 0 aliphatic heterocycles. The van der Waals surface area contributed by atoms with Crippen LogP contribution in [0.5, 0.6) is 0 Å². The number of thioether (sulfide) groups is 1. The molecule has 0 unspecified atom stereocenters. The third-order valence-electron chi connectivity index (χ3n) is 1.82. The molecule has 1 aromatic carbocycles. The quantitative estimate of drug-likeness (QED) is 0.544. The molecule has 0 spiro atoms. The van der Waals surface area contributed by atoms with Crippen LogP contribution in [0.3, 0.4) is 0 Å². The first kappa shape index (κ1) is 12.0. The van der Waals surface area contributed by atoms with E-state index in [4.69, 9.17) is 0 Å². The summed E-state index contributed by atoms with van der Waals surface area (Å²) in [7, 11) is 0. The molecule has 0 fully saturated rings. The molecule has 0 radical (unpaired) electrons. The molecule has 0 aliphatic rings. The van der Waals surface area contributed by atoms with E-state index in [9.17, 15) is 9.18 Å². The van der Waals surface area contributed by atoms with Crippen LogP contribution in [-0.4, -0.2) is 11.5 Å². The van der Waals surface area contributed by atoms with Crippen LogP contribution in [0.25, 0.3) is 0 Å². The molecular weight excluding hydrogens is 211 g/mol. The molecule has 1 aromatic rings. The Labute approximate surface area is 93.4 Å². The maximum Gasteiger partial charge on any atom is 0.143 e. The average molecular weight is 224 g/mol. The number of benzene rings is 1. The van der Waals surface area contributed by atoms with E-state index in [2.05, 4.69) is 6.58 Å². The summed E-state index contributed by atoms with van der Waals surface area (Å²) in [4.78, 5) is 12.1. The van der Waals surface area contributed by atoms with Crippen molar-refractivity contribution in [2.75, 3.05) is 5.75 Å². The smallest absolute Gasteiger partial charge is 0.143 e. The zero-order chi connectivity index (χ0) is 11.1. The van der Waals surface area contributed by atoms with Crippen LogP contribution < -0.4 is 0 Å². The second-order valence-electron chi connectivity index (χ2n) is 3.11. The van der Waals surface area contributed by atoms with Gasteiger partial charge in [-0.15, -0.1) is 18.3 Å². The zero-order valence-electron chi connectivity index (χ0n) is 8.41. The minimum atomic E-state index is -0.265. The minimum absolute atomic E-state index is 0.171. The topological polar surface area (TPSA) is 17.1 Å². The molecular formula is C12H13FOS. The van der Waals surface area contributed by atoms with Gasteiger partial charge in [-0.05, 0) is 24.6 Å². The van der Waals surface area contributed by atoms with Gasteiger partial charge in [0.2, 0.25) is 0 Å². The number of ketones is 1. The zero-order valence-corrected chi connectivity index (χ0v) is 9.23. The van der Waals surface area contributed by atoms with E-state index in [0.717, 1.165) is 4.90 Å². The highest BCUT2D eigenvalue weighted by molar-refractivity contribution is 8.00. The highest BCUT2D eigenvalue weighted by Crippen LogP contribution is 2.19. The van der Waals surface area contributed by atoms with E-state index in [1.165, 1.54) is 23.9 Å². The molecule has 0 saturated carbocycles. The van der Waals surface area contributed by atoms with Gasteiger partial charge in [-0.2, -0.15) is 0 Å². The summed E-state index contributed by atoms with van der Waals surface area (Å²) in [6.07, 6.45) is 2.96. The first-order chi connectivity index (χ1) is 7.22. The Morgan fingerprint density at radius 2 is 2.33 bits per heavy atom. The van der Waals surface area contributed by atoms with Crippen LogP contribution in [0.2, 0.25) is 0 Å². The molecule has 3 heteroatoms. The summed E-state index contributed by atoms with van der Waals surface area (Å²) in [5.74, 6) is 0.305. The maximum absolute atomic E-state index is 12.8. The summed E-state index contributed by atoms with van der Waals surface area (Å²) in [6, 6.07) is 6.27. The Morgan fingerprint density at radius 3 is 3.00 bits per heavy atom. The summed E-state index contributed by atoms with van der Waals surface area (Å²) in [5, 5.41) is 0. The summed E-state index contributed by atoms with van der Waals surface area (Å²) in [5.41, 5.74) is 0. The van der Waals surface area contributed by atoms with Crippen molar-refractivity contribution in [3.63, 3.8) is 0 Å². The van der Waals surface area contributed by atoms with Crippen molar-refractivity contribution in [2.45, 2.75) is 17.7 Å². The highest BCUT2D eigenvalue weighted by Gasteiger charge is 2.02. The fraction of sp³-hybridized carbons (Fsp3) is 0.250. The number of halogens is 1. The van der Waals surface area contributed by atoms with Crippen molar-refractivity contribution in [3.8, 4) is 0 Å². The lowest BCUT2D eigenvalue weighted by Crippen LogP contribution is -1.99. The third kappa shape index (κ3) is 4.79. The van der Waals surface area contributed by atoms with Crippen molar-refractivity contribution >= 4 is 17.5 Å². The second kappa shape index (κ2) is 6.40. The van der Waals surface area contributed by atoms with Gasteiger partial charge in [0.1, 0.15) is 11.6 Å². The molecule has 80 valence electrons. The molecule has 1 rings (SSSR count). The van der Waals surface area contributed by atoms with Gasteiger partial charge in [-0.3, -0.25) is 4.79 Å². The fourth-order valence-corrected chi connectivity index (χ4v) is 1.90. The lowest BCUT2D eigenvalue weighted by atomic mass is 10.2. The predicted octanol–water partition coefficient (Wildman–Crippen LogP) is 3.45. The van der Waals surface area contributed by atoms with Crippen LogP contribution in [0.1, 0.15) is 12.8 Å².